The second-order valence-electron chi connectivity index (χ2n) is 4.96. The molecule has 6 heteroatoms. The number of hydrazone groups is 1. The number of nitrogens with one attached hydrogen (secondary N) is 1. The molecule has 1 N–H and O–H groups in total. The Balaban J connectivity index is 2.00. The average molecular weight is 330 g/mol. The third-order valence-electron chi connectivity index (χ3n) is 3.14. The van der Waals surface area contributed by atoms with Crippen LogP contribution in [0.2, 0.25) is 0 Å². The highest BCUT2D eigenvalue weighted by atomic mass is 19.1. The number of methoxy groups -OCH3 is 1. The Bertz CT molecular complexity index is 715. The first kappa shape index (κ1) is 17.5. The lowest BCUT2D eigenvalue weighted by Crippen LogP contribution is -2.17. The molecule has 2 rings (SSSR count). The molecule has 0 aliphatic carbocycles. The molecule has 0 bridgehead atoms. The van der Waals surface area contributed by atoms with Crippen molar-refractivity contribution < 1.29 is 18.7 Å². The fraction of sp³-hybridized carbons (Fsp3) is 0.222. The van der Waals surface area contributed by atoms with E-state index in [1.54, 1.807) is 25.3 Å². The van der Waals surface area contributed by atoms with Crippen LogP contribution in [0.15, 0.2) is 47.6 Å². The van der Waals surface area contributed by atoms with Gasteiger partial charge in [0.1, 0.15) is 5.82 Å². The molecular weight excluding hydrogens is 311 g/mol. The normalized spacial score (nSPS) is 10.6. The third-order valence-corrected chi connectivity index (χ3v) is 3.14. The summed E-state index contributed by atoms with van der Waals surface area (Å²) in [5.74, 6) is 0.442. The van der Waals surface area contributed by atoms with Gasteiger partial charge in [-0.15, -0.1) is 0 Å². The molecule has 0 aliphatic heterocycles. The molecule has 0 saturated heterocycles. The Labute approximate surface area is 140 Å². The van der Waals surface area contributed by atoms with Gasteiger partial charge in [0.2, 0.25) is 0 Å². The molecular formula is C18H19FN2O3. The second-order valence-corrected chi connectivity index (χ2v) is 4.96. The summed E-state index contributed by atoms with van der Waals surface area (Å²) in [6.07, 6.45) is 2.40. The second kappa shape index (κ2) is 8.67. The van der Waals surface area contributed by atoms with E-state index in [2.05, 4.69) is 10.5 Å². The maximum atomic E-state index is 12.8. The Morgan fingerprint density at radius 2 is 1.96 bits per heavy atom. The number of carbonyl (C=O) groups is 1. The van der Waals surface area contributed by atoms with Crippen molar-refractivity contribution in [1.29, 1.82) is 0 Å². The molecule has 0 spiro atoms. The predicted molar refractivity (Wildman–Crippen MR) is 90.2 cm³/mol. The smallest absolute Gasteiger partial charge is 0.271 e. The summed E-state index contributed by atoms with van der Waals surface area (Å²) in [4.78, 5) is 11.8. The van der Waals surface area contributed by atoms with Crippen LogP contribution in [-0.2, 0) is 0 Å². The lowest BCUT2D eigenvalue weighted by molar-refractivity contribution is 0.0955. The Morgan fingerprint density at radius 1 is 1.21 bits per heavy atom. The van der Waals surface area contributed by atoms with Gasteiger partial charge in [0.15, 0.2) is 11.5 Å². The van der Waals surface area contributed by atoms with Crippen molar-refractivity contribution in [2.24, 2.45) is 5.10 Å². The van der Waals surface area contributed by atoms with Crippen LogP contribution in [0.5, 0.6) is 11.5 Å². The summed E-state index contributed by atoms with van der Waals surface area (Å²) in [6.45, 7) is 2.63. The zero-order valence-corrected chi connectivity index (χ0v) is 13.6. The topological polar surface area (TPSA) is 59.9 Å². The van der Waals surface area contributed by atoms with Gasteiger partial charge in [-0.05, 0) is 54.4 Å². The zero-order chi connectivity index (χ0) is 17.4. The minimum absolute atomic E-state index is 0.328. The molecule has 0 heterocycles. The van der Waals surface area contributed by atoms with Gasteiger partial charge in [0.05, 0.1) is 19.9 Å². The monoisotopic (exact) mass is 330 g/mol. The largest absolute Gasteiger partial charge is 0.493 e. The summed E-state index contributed by atoms with van der Waals surface area (Å²) < 4.78 is 23.7. The lowest BCUT2D eigenvalue weighted by Gasteiger charge is -2.10. The maximum Gasteiger partial charge on any atom is 0.271 e. The number of hydrogen-bond donors (Lipinski definition) is 1. The maximum absolute atomic E-state index is 12.8. The standard InChI is InChI=1S/C18H19FN2O3/c1-3-10-24-16-9-4-13(11-17(16)23-2)12-20-21-18(22)14-5-7-15(19)8-6-14/h4-9,11-12H,3,10H2,1-2H3,(H,21,22)/b20-12-. The van der Waals surface area contributed by atoms with Crippen molar-refractivity contribution in [2.45, 2.75) is 13.3 Å². The molecule has 0 saturated carbocycles. The van der Waals surface area contributed by atoms with Crippen molar-refractivity contribution in [2.75, 3.05) is 13.7 Å². The van der Waals surface area contributed by atoms with Crippen molar-refractivity contribution in [3.8, 4) is 11.5 Å². The van der Waals surface area contributed by atoms with Crippen LogP contribution in [0.1, 0.15) is 29.3 Å². The number of benzene rings is 2. The molecule has 2 aromatic rings. The molecule has 0 radical (unpaired) electrons. The molecule has 1 amide bonds. The van der Waals surface area contributed by atoms with E-state index >= 15 is 0 Å². The van der Waals surface area contributed by atoms with E-state index in [9.17, 15) is 9.18 Å². The Hall–Kier alpha value is -2.89. The molecule has 0 unspecified atom stereocenters. The molecule has 5 nitrogen and oxygen atoms in total. The molecule has 24 heavy (non-hydrogen) atoms. The molecule has 2 aromatic carbocycles. The molecule has 0 aromatic heterocycles. The van der Waals surface area contributed by atoms with E-state index < -0.39 is 11.7 Å². The number of carbonyl (C=O) groups excluding carboxylic acids is 1. The summed E-state index contributed by atoms with van der Waals surface area (Å²) in [5.41, 5.74) is 3.46. The van der Waals surface area contributed by atoms with E-state index in [-0.39, 0.29) is 0 Å². The number of halogens is 1. The minimum Gasteiger partial charge on any atom is -0.493 e. The van der Waals surface area contributed by atoms with Crippen molar-refractivity contribution in [1.82, 2.24) is 5.43 Å². The summed E-state index contributed by atoms with van der Waals surface area (Å²) in [6, 6.07) is 10.6. The first-order valence-electron chi connectivity index (χ1n) is 7.54. The Morgan fingerprint density at radius 3 is 2.62 bits per heavy atom. The summed E-state index contributed by atoms with van der Waals surface area (Å²) >= 11 is 0. The van der Waals surface area contributed by atoms with Crippen LogP contribution >= 0.6 is 0 Å². The number of rotatable bonds is 7. The fourth-order valence-corrected chi connectivity index (χ4v) is 1.93. The minimum atomic E-state index is -0.416. The van der Waals surface area contributed by atoms with Gasteiger partial charge in [0, 0.05) is 5.56 Å². The first-order valence-corrected chi connectivity index (χ1v) is 7.54. The van der Waals surface area contributed by atoms with Crippen LogP contribution in [-0.4, -0.2) is 25.8 Å². The highest BCUT2D eigenvalue weighted by Gasteiger charge is 2.06. The van der Waals surface area contributed by atoms with Gasteiger partial charge in [-0.3, -0.25) is 4.79 Å². The van der Waals surface area contributed by atoms with E-state index in [1.807, 2.05) is 6.92 Å². The molecule has 126 valence electrons. The van der Waals surface area contributed by atoms with Gasteiger partial charge in [-0.2, -0.15) is 5.10 Å². The lowest BCUT2D eigenvalue weighted by atomic mass is 10.2. The van der Waals surface area contributed by atoms with Gasteiger partial charge >= 0.3 is 0 Å². The van der Waals surface area contributed by atoms with Crippen molar-refractivity contribution in [3.63, 3.8) is 0 Å². The van der Waals surface area contributed by atoms with Gasteiger partial charge < -0.3 is 9.47 Å². The van der Waals surface area contributed by atoms with Crippen LogP contribution < -0.4 is 14.9 Å². The quantitative estimate of drug-likeness (QED) is 0.625. The molecule has 0 atom stereocenters. The highest BCUT2D eigenvalue weighted by Crippen LogP contribution is 2.27. The fourth-order valence-electron chi connectivity index (χ4n) is 1.93. The third kappa shape index (κ3) is 4.81. The van der Waals surface area contributed by atoms with Gasteiger partial charge in [-0.25, -0.2) is 9.82 Å². The van der Waals surface area contributed by atoms with E-state index in [1.165, 1.54) is 30.5 Å². The van der Waals surface area contributed by atoms with Crippen LogP contribution in [0, 0.1) is 5.82 Å². The van der Waals surface area contributed by atoms with Crippen molar-refractivity contribution in [3.05, 3.63) is 59.4 Å². The van der Waals surface area contributed by atoms with E-state index in [4.69, 9.17) is 9.47 Å². The number of amides is 1. The van der Waals surface area contributed by atoms with Crippen molar-refractivity contribution >= 4 is 12.1 Å². The number of nitrogens with zero attached hydrogens (tertiary/aromatic N) is 1. The summed E-state index contributed by atoms with van der Waals surface area (Å²) in [7, 11) is 1.56. The highest BCUT2D eigenvalue weighted by molar-refractivity contribution is 5.94. The molecule has 0 fully saturated rings. The molecule has 0 aliphatic rings. The SMILES string of the molecule is CCCOc1ccc(/C=N\NC(=O)c2ccc(F)cc2)cc1OC. The van der Waals surface area contributed by atoms with E-state index in [0.717, 1.165) is 12.0 Å². The van der Waals surface area contributed by atoms with Crippen LogP contribution in [0.3, 0.4) is 0 Å². The van der Waals surface area contributed by atoms with Crippen LogP contribution in [0.25, 0.3) is 0 Å². The first-order chi connectivity index (χ1) is 11.6. The van der Waals surface area contributed by atoms with Gasteiger partial charge in [-0.1, -0.05) is 6.92 Å². The predicted octanol–water partition coefficient (Wildman–Crippen LogP) is 3.39. The summed E-state index contributed by atoms with van der Waals surface area (Å²) in [5, 5.41) is 3.89. The van der Waals surface area contributed by atoms with E-state index in [0.29, 0.717) is 23.7 Å². The number of hydrogen-bond acceptors (Lipinski definition) is 4. The average Bonchev–Trinajstić information content (AvgIpc) is 2.60. The zero-order valence-electron chi connectivity index (χ0n) is 13.6. The van der Waals surface area contributed by atoms with Crippen LogP contribution in [0.4, 0.5) is 4.39 Å². The van der Waals surface area contributed by atoms with Gasteiger partial charge in [0.25, 0.3) is 5.91 Å². The number of ether oxygens (including phenoxy) is 2. The Kier molecular flexibility index (Phi) is 6.31.